The van der Waals surface area contributed by atoms with E-state index in [1.165, 1.54) is 7.11 Å². The molecule has 0 amide bonds. The van der Waals surface area contributed by atoms with Crippen molar-refractivity contribution in [2.45, 2.75) is 12.2 Å². The zero-order chi connectivity index (χ0) is 6.57. The van der Waals surface area contributed by atoms with Crippen LogP contribution in [0.25, 0.3) is 0 Å². The van der Waals surface area contributed by atoms with E-state index >= 15 is 0 Å². The molecule has 0 aromatic carbocycles. The Bertz CT molecular complexity index is 87.9. The van der Waals surface area contributed by atoms with E-state index in [1.54, 1.807) is 6.92 Å². The molecule has 0 bridgehead atoms. The normalized spacial score (nSPS) is 15.9. The van der Waals surface area contributed by atoms with Crippen LogP contribution < -0.4 is 29.6 Å². The summed E-state index contributed by atoms with van der Waals surface area (Å²) in [5.41, 5.74) is 0. The van der Waals surface area contributed by atoms with Crippen molar-refractivity contribution >= 4 is 11.1 Å². The zero-order valence-corrected chi connectivity index (χ0v) is 8.73. The van der Waals surface area contributed by atoms with Crippen molar-refractivity contribution in [3.8, 4) is 0 Å². The van der Waals surface area contributed by atoms with Crippen LogP contribution in [0, 0.1) is 0 Å². The third-order valence-corrected chi connectivity index (χ3v) is 1.52. The van der Waals surface area contributed by atoms with Crippen LogP contribution in [0.3, 0.4) is 0 Å². The second-order valence-corrected chi connectivity index (χ2v) is 2.85. The van der Waals surface area contributed by atoms with Gasteiger partial charge in [0.25, 0.3) is 0 Å². The Balaban J connectivity index is 0. The summed E-state index contributed by atoms with van der Waals surface area (Å²) < 4.78 is 24.6. The molecule has 0 heterocycles. The minimum Gasteiger partial charge on any atom is -0.772 e. The molecule has 50 valence electrons. The molecule has 1 unspecified atom stereocenters. The summed E-state index contributed by atoms with van der Waals surface area (Å²) in [6, 6.07) is 0. The fraction of sp³-hybridized carbons (Fsp3) is 1.00. The summed E-state index contributed by atoms with van der Waals surface area (Å²) in [5, 5.41) is -0.389. The molecule has 0 aromatic rings. The maximum atomic E-state index is 10.0. The summed E-state index contributed by atoms with van der Waals surface area (Å²) in [6.07, 6.45) is 0. The Morgan fingerprint density at radius 2 is 2.22 bits per heavy atom. The first-order valence-corrected chi connectivity index (χ1v) is 3.39. The molecule has 0 saturated heterocycles. The van der Waals surface area contributed by atoms with Gasteiger partial charge in [0.05, 0.1) is 6.61 Å². The van der Waals surface area contributed by atoms with Crippen LogP contribution in [0.4, 0.5) is 0 Å². The number of methoxy groups -OCH3 is 1. The van der Waals surface area contributed by atoms with E-state index in [1.807, 2.05) is 0 Å². The minimum absolute atomic E-state index is 0. The number of hydrogen-bond acceptors (Lipinski definition) is 3. The van der Waals surface area contributed by atoms with Crippen molar-refractivity contribution in [3.05, 3.63) is 0 Å². The molecular formula is C4H9NaO3S. The Morgan fingerprint density at radius 1 is 1.78 bits per heavy atom. The van der Waals surface area contributed by atoms with Crippen molar-refractivity contribution in [2.24, 2.45) is 0 Å². The first kappa shape index (κ1) is 12.7. The van der Waals surface area contributed by atoms with E-state index in [9.17, 15) is 8.76 Å². The van der Waals surface area contributed by atoms with Gasteiger partial charge in [-0.2, -0.15) is 0 Å². The minimum atomic E-state index is -1.99. The van der Waals surface area contributed by atoms with Gasteiger partial charge in [-0.15, -0.1) is 0 Å². The van der Waals surface area contributed by atoms with Gasteiger partial charge in [-0.3, -0.25) is 4.21 Å². The molecule has 0 radical (unpaired) electrons. The molecule has 2 atom stereocenters. The monoisotopic (exact) mass is 160 g/mol. The maximum absolute atomic E-state index is 10.0. The van der Waals surface area contributed by atoms with Gasteiger partial charge in [0.15, 0.2) is 0 Å². The molecular weight excluding hydrogens is 151 g/mol. The van der Waals surface area contributed by atoms with E-state index in [2.05, 4.69) is 4.74 Å². The van der Waals surface area contributed by atoms with Crippen LogP contribution in [0.5, 0.6) is 0 Å². The molecule has 0 rings (SSSR count). The third kappa shape index (κ3) is 6.96. The summed E-state index contributed by atoms with van der Waals surface area (Å²) >= 11 is -1.99. The van der Waals surface area contributed by atoms with Crippen molar-refractivity contribution in [1.29, 1.82) is 0 Å². The summed E-state index contributed by atoms with van der Waals surface area (Å²) in [5.74, 6) is 0. The van der Waals surface area contributed by atoms with Crippen molar-refractivity contribution < 1.29 is 43.1 Å². The van der Waals surface area contributed by atoms with Crippen molar-refractivity contribution in [2.75, 3.05) is 13.7 Å². The average Bonchev–Trinajstić information content (AvgIpc) is 1.67. The van der Waals surface area contributed by atoms with E-state index < -0.39 is 11.1 Å². The van der Waals surface area contributed by atoms with Crippen LogP contribution in [-0.2, 0) is 15.8 Å². The van der Waals surface area contributed by atoms with Crippen LogP contribution in [-0.4, -0.2) is 27.7 Å². The van der Waals surface area contributed by atoms with E-state index in [4.69, 9.17) is 0 Å². The van der Waals surface area contributed by atoms with Gasteiger partial charge in [-0.25, -0.2) is 0 Å². The van der Waals surface area contributed by atoms with Gasteiger partial charge in [0.1, 0.15) is 0 Å². The third-order valence-electron chi connectivity index (χ3n) is 0.730. The van der Waals surface area contributed by atoms with Crippen molar-refractivity contribution in [3.63, 3.8) is 0 Å². The van der Waals surface area contributed by atoms with Gasteiger partial charge in [0, 0.05) is 12.4 Å². The topological polar surface area (TPSA) is 49.4 Å². The largest absolute Gasteiger partial charge is 1.00 e. The molecule has 9 heavy (non-hydrogen) atoms. The molecule has 0 aliphatic heterocycles. The predicted octanol–water partition coefficient (Wildman–Crippen LogP) is -3.10. The second kappa shape index (κ2) is 7.18. The predicted molar refractivity (Wildman–Crippen MR) is 30.3 cm³/mol. The molecule has 0 saturated carbocycles. The smallest absolute Gasteiger partial charge is 0.772 e. The van der Waals surface area contributed by atoms with Gasteiger partial charge >= 0.3 is 29.6 Å². The van der Waals surface area contributed by atoms with Crippen molar-refractivity contribution in [1.82, 2.24) is 0 Å². The van der Waals surface area contributed by atoms with Gasteiger partial charge in [-0.05, 0) is 6.92 Å². The Morgan fingerprint density at radius 3 is 2.33 bits per heavy atom. The Labute approximate surface area is 79.7 Å². The number of rotatable bonds is 3. The van der Waals surface area contributed by atoms with Gasteiger partial charge in [0.2, 0.25) is 0 Å². The Hall–Kier alpha value is 1.07. The zero-order valence-electron chi connectivity index (χ0n) is 5.92. The molecule has 0 spiro atoms. The van der Waals surface area contributed by atoms with E-state index in [0.717, 1.165) is 0 Å². The van der Waals surface area contributed by atoms with Gasteiger partial charge < -0.3 is 9.29 Å². The molecule has 5 heteroatoms. The van der Waals surface area contributed by atoms with Gasteiger partial charge in [-0.1, -0.05) is 11.1 Å². The van der Waals surface area contributed by atoms with Crippen LogP contribution >= 0.6 is 0 Å². The molecule has 0 aliphatic rings. The summed E-state index contributed by atoms with van der Waals surface area (Å²) in [4.78, 5) is 0. The number of ether oxygens (including phenoxy) is 1. The van der Waals surface area contributed by atoms with E-state index in [0.29, 0.717) is 0 Å². The molecule has 0 aliphatic carbocycles. The molecule has 0 fully saturated rings. The quantitative estimate of drug-likeness (QED) is 0.324. The SMILES string of the molecule is COC[C@@H](C)S(=O)[O-].[Na+]. The molecule has 0 aromatic heterocycles. The first-order chi connectivity index (χ1) is 3.68. The standard InChI is InChI=1S/C4H10O3S.Na/c1-4(3-7-2)8(5)6;/h4H,3H2,1-2H3,(H,5,6);/q;+1/p-1/t4-;/m1./s1. The van der Waals surface area contributed by atoms with Crippen LogP contribution in [0.1, 0.15) is 6.92 Å². The van der Waals surface area contributed by atoms with E-state index in [-0.39, 0.29) is 41.4 Å². The van der Waals surface area contributed by atoms with Crippen LogP contribution in [0.2, 0.25) is 0 Å². The average molecular weight is 160 g/mol. The molecule has 3 nitrogen and oxygen atoms in total. The maximum Gasteiger partial charge on any atom is 1.00 e. The van der Waals surface area contributed by atoms with Crippen LogP contribution in [0.15, 0.2) is 0 Å². The summed E-state index contributed by atoms with van der Waals surface area (Å²) in [6.45, 7) is 1.86. The fourth-order valence-electron chi connectivity index (χ4n) is 0.290. The number of hydrogen-bond donors (Lipinski definition) is 0. The fourth-order valence-corrected chi connectivity index (χ4v) is 0.537. The molecule has 0 N–H and O–H groups in total. The second-order valence-electron chi connectivity index (χ2n) is 1.53. The Kier molecular flexibility index (Phi) is 10.1. The first-order valence-electron chi connectivity index (χ1n) is 2.25. The summed E-state index contributed by atoms with van der Waals surface area (Å²) in [7, 11) is 1.48.